The largest absolute Gasteiger partial charge is 0.248 e. The van der Waals surface area contributed by atoms with E-state index in [1.54, 1.807) is 18.2 Å². The van der Waals surface area contributed by atoms with E-state index in [-0.39, 0.29) is 0 Å². The lowest BCUT2D eigenvalue weighted by molar-refractivity contribution is -0.515. The SMILES string of the molecule is [C-]#[N+]/C(C=[N+](CC)CC)=C\c1ccc(C(C#N)C#N)cc1. The van der Waals surface area contributed by atoms with Gasteiger partial charge in [-0.25, -0.2) is 9.42 Å². The molecule has 0 saturated carbocycles. The summed E-state index contributed by atoms with van der Waals surface area (Å²) in [6.45, 7) is 13.0. The van der Waals surface area contributed by atoms with E-state index in [1.807, 2.05) is 44.3 Å². The lowest BCUT2D eigenvalue weighted by atomic mass is 10.0. The minimum Gasteiger partial charge on any atom is -0.245 e. The second kappa shape index (κ2) is 8.31. The van der Waals surface area contributed by atoms with E-state index in [0.29, 0.717) is 11.3 Å². The molecule has 0 spiro atoms. The third kappa shape index (κ3) is 4.60. The van der Waals surface area contributed by atoms with E-state index in [1.165, 1.54) is 0 Å². The monoisotopic (exact) mass is 277 g/mol. The third-order valence-electron chi connectivity index (χ3n) is 3.10. The highest BCUT2D eigenvalue weighted by Crippen LogP contribution is 2.16. The molecule has 0 atom stereocenters. The minimum absolute atomic E-state index is 0.559. The number of hydrogen-bond donors (Lipinski definition) is 0. The zero-order chi connectivity index (χ0) is 15.7. The molecule has 0 aliphatic heterocycles. The van der Waals surface area contributed by atoms with Gasteiger partial charge in [-0.3, -0.25) is 0 Å². The van der Waals surface area contributed by atoms with Crippen molar-refractivity contribution in [3.05, 3.63) is 52.5 Å². The van der Waals surface area contributed by atoms with Gasteiger partial charge in [0.1, 0.15) is 13.1 Å². The fourth-order valence-corrected chi connectivity index (χ4v) is 1.83. The summed E-state index contributed by atoms with van der Waals surface area (Å²) >= 11 is 0. The van der Waals surface area contributed by atoms with E-state index < -0.39 is 5.92 Å². The van der Waals surface area contributed by atoms with Crippen molar-refractivity contribution >= 4 is 12.3 Å². The molecule has 0 bridgehead atoms. The summed E-state index contributed by atoms with van der Waals surface area (Å²) in [5.74, 6) is -0.745. The van der Waals surface area contributed by atoms with Crippen LogP contribution in [0.15, 0.2) is 30.0 Å². The summed E-state index contributed by atoms with van der Waals surface area (Å²) in [7, 11) is 0. The molecule has 104 valence electrons. The van der Waals surface area contributed by atoms with Crippen LogP contribution in [0.3, 0.4) is 0 Å². The molecule has 0 heterocycles. The average Bonchev–Trinajstić information content (AvgIpc) is 2.54. The smallest absolute Gasteiger partial charge is 0.245 e. The summed E-state index contributed by atoms with van der Waals surface area (Å²) in [5.41, 5.74) is 2.11. The van der Waals surface area contributed by atoms with Crippen molar-refractivity contribution in [1.29, 1.82) is 10.5 Å². The first-order valence-electron chi connectivity index (χ1n) is 6.75. The van der Waals surface area contributed by atoms with Gasteiger partial charge in [-0.15, -0.1) is 0 Å². The van der Waals surface area contributed by atoms with Crippen molar-refractivity contribution in [1.82, 2.24) is 0 Å². The Kier molecular flexibility index (Phi) is 6.39. The van der Waals surface area contributed by atoms with Gasteiger partial charge in [-0.2, -0.15) is 10.5 Å². The van der Waals surface area contributed by atoms with Crippen molar-refractivity contribution in [3.8, 4) is 12.1 Å². The summed E-state index contributed by atoms with van der Waals surface area (Å²) in [5, 5.41) is 17.7. The molecule has 0 radical (unpaired) electrons. The van der Waals surface area contributed by atoms with Crippen molar-refractivity contribution in [2.45, 2.75) is 19.8 Å². The normalized spacial score (nSPS) is 10.4. The van der Waals surface area contributed by atoms with Crippen LogP contribution in [0.4, 0.5) is 0 Å². The Hall–Kier alpha value is -2.90. The number of allylic oxidation sites excluding steroid dienone is 1. The average molecular weight is 277 g/mol. The van der Waals surface area contributed by atoms with Crippen LogP contribution in [0.5, 0.6) is 0 Å². The van der Waals surface area contributed by atoms with E-state index in [4.69, 9.17) is 17.1 Å². The summed E-state index contributed by atoms with van der Waals surface area (Å²) in [6.07, 6.45) is 3.64. The van der Waals surface area contributed by atoms with Gasteiger partial charge in [0.2, 0.25) is 5.70 Å². The maximum absolute atomic E-state index is 8.85. The van der Waals surface area contributed by atoms with E-state index in [9.17, 15) is 0 Å². The van der Waals surface area contributed by atoms with Gasteiger partial charge < -0.3 is 0 Å². The lowest BCUT2D eigenvalue weighted by Crippen LogP contribution is -2.12. The molecule has 0 aliphatic carbocycles. The molecule has 0 saturated heterocycles. The van der Waals surface area contributed by atoms with Crippen molar-refractivity contribution in [2.24, 2.45) is 0 Å². The van der Waals surface area contributed by atoms with Crippen LogP contribution in [-0.2, 0) is 0 Å². The van der Waals surface area contributed by atoms with Gasteiger partial charge in [0, 0.05) is 0 Å². The molecule has 4 nitrogen and oxygen atoms in total. The minimum atomic E-state index is -0.745. The third-order valence-corrected chi connectivity index (χ3v) is 3.10. The molecule has 0 aliphatic rings. The number of hydrogen-bond acceptors (Lipinski definition) is 2. The topological polar surface area (TPSA) is 55.0 Å². The molecule has 0 aromatic heterocycles. The van der Waals surface area contributed by atoms with E-state index in [2.05, 4.69) is 9.42 Å². The number of benzene rings is 1. The van der Waals surface area contributed by atoms with E-state index in [0.717, 1.165) is 18.7 Å². The molecule has 1 aromatic carbocycles. The highest BCUT2D eigenvalue weighted by Gasteiger charge is 2.08. The Bertz CT molecular complexity index is 641. The van der Waals surface area contributed by atoms with Crippen molar-refractivity contribution in [3.63, 3.8) is 0 Å². The van der Waals surface area contributed by atoms with Gasteiger partial charge in [0.05, 0.1) is 18.7 Å². The second-order valence-corrected chi connectivity index (χ2v) is 4.39. The molecular weight excluding hydrogens is 260 g/mol. The maximum Gasteiger partial charge on any atom is 0.248 e. The molecular formula is C17H17N4+. The highest BCUT2D eigenvalue weighted by molar-refractivity contribution is 5.84. The standard InChI is InChI=1S/C17H17N4/c1-4-21(5-2)13-17(20-3)10-14-6-8-15(9-7-14)16(11-18)12-19/h6-10,13,16H,4-5H2,1-2H3/q+1/b17-10-. The zero-order valence-corrected chi connectivity index (χ0v) is 12.2. The fraction of sp³-hybridized carbons (Fsp3) is 0.294. The Balaban J connectivity index is 3.05. The van der Waals surface area contributed by atoms with Crippen LogP contribution in [0.1, 0.15) is 30.9 Å². The van der Waals surface area contributed by atoms with Crippen LogP contribution in [0.25, 0.3) is 10.9 Å². The quantitative estimate of drug-likeness (QED) is 0.471. The number of rotatable bonds is 5. The predicted octanol–water partition coefficient (Wildman–Crippen LogP) is 3.20. The molecule has 21 heavy (non-hydrogen) atoms. The molecule has 0 fully saturated rings. The molecule has 0 N–H and O–H groups in total. The molecule has 0 amide bonds. The Morgan fingerprint density at radius 2 is 1.81 bits per heavy atom. The van der Waals surface area contributed by atoms with Crippen LogP contribution < -0.4 is 0 Å². The first-order chi connectivity index (χ1) is 10.2. The van der Waals surface area contributed by atoms with Gasteiger partial charge in [0.25, 0.3) is 0 Å². The van der Waals surface area contributed by atoms with Gasteiger partial charge in [0.15, 0.2) is 12.1 Å². The Morgan fingerprint density at radius 3 is 2.24 bits per heavy atom. The second-order valence-electron chi connectivity index (χ2n) is 4.39. The van der Waals surface area contributed by atoms with Crippen molar-refractivity contribution < 1.29 is 4.58 Å². The summed E-state index contributed by atoms with van der Waals surface area (Å²) < 4.78 is 2.06. The van der Waals surface area contributed by atoms with Gasteiger partial charge >= 0.3 is 0 Å². The summed E-state index contributed by atoms with van der Waals surface area (Å²) in [4.78, 5) is 3.52. The fourth-order valence-electron chi connectivity index (χ4n) is 1.83. The Morgan fingerprint density at radius 1 is 1.24 bits per heavy atom. The van der Waals surface area contributed by atoms with Gasteiger partial charge in [-0.1, -0.05) is 24.3 Å². The highest BCUT2D eigenvalue weighted by atomic mass is 15.0. The van der Waals surface area contributed by atoms with Crippen LogP contribution in [-0.4, -0.2) is 23.9 Å². The van der Waals surface area contributed by atoms with Gasteiger partial charge in [-0.05, 0) is 31.1 Å². The Labute approximate surface area is 125 Å². The van der Waals surface area contributed by atoms with Crippen molar-refractivity contribution in [2.75, 3.05) is 13.1 Å². The molecule has 0 unspecified atom stereocenters. The predicted molar refractivity (Wildman–Crippen MR) is 82.4 cm³/mol. The van der Waals surface area contributed by atoms with Crippen LogP contribution in [0, 0.1) is 29.2 Å². The summed E-state index contributed by atoms with van der Waals surface area (Å²) in [6, 6.07) is 11.0. The lowest BCUT2D eigenvalue weighted by Gasteiger charge is -2.01. The first kappa shape index (κ1) is 16.2. The van der Waals surface area contributed by atoms with Crippen LogP contribution in [0.2, 0.25) is 0 Å². The molecule has 1 rings (SSSR count). The van der Waals surface area contributed by atoms with E-state index >= 15 is 0 Å². The zero-order valence-electron chi connectivity index (χ0n) is 12.2. The first-order valence-corrected chi connectivity index (χ1v) is 6.75. The molecule has 1 aromatic rings. The molecule has 4 heteroatoms. The maximum atomic E-state index is 8.85. The number of nitrogens with zero attached hydrogens (tertiary/aromatic N) is 4. The van der Waals surface area contributed by atoms with Crippen LogP contribution >= 0.6 is 0 Å². The number of nitriles is 2.